The third kappa shape index (κ3) is 3.00. The van der Waals surface area contributed by atoms with Gasteiger partial charge in [-0.25, -0.2) is 4.79 Å². The molecular weight excluding hydrogens is 282 g/mol. The highest BCUT2D eigenvalue weighted by molar-refractivity contribution is 5.89. The number of nitro groups is 1. The molecule has 0 aliphatic rings. The Morgan fingerprint density at radius 1 is 1.19 bits per heavy atom. The van der Waals surface area contributed by atoms with Gasteiger partial charge in [0.2, 0.25) is 5.75 Å². The summed E-state index contributed by atoms with van der Waals surface area (Å²) in [6.45, 7) is 0. The summed E-state index contributed by atoms with van der Waals surface area (Å²) >= 11 is 0. The molecule has 21 heavy (non-hydrogen) atoms. The minimum Gasteiger partial charge on any atom is -0.504 e. The molecule has 8 nitrogen and oxygen atoms in total. The van der Waals surface area contributed by atoms with Crippen molar-refractivity contribution in [1.82, 2.24) is 0 Å². The molecule has 0 heterocycles. The van der Waals surface area contributed by atoms with Gasteiger partial charge in [-0.05, 0) is 18.2 Å². The fourth-order valence-electron chi connectivity index (χ4n) is 1.58. The first-order valence-corrected chi connectivity index (χ1v) is 5.60. The van der Waals surface area contributed by atoms with E-state index in [1.807, 2.05) is 0 Å². The summed E-state index contributed by atoms with van der Waals surface area (Å²) in [7, 11) is 0. The van der Waals surface area contributed by atoms with Gasteiger partial charge in [-0.15, -0.1) is 0 Å². The lowest BCUT2D eigenvalue weighted by molar-refractivity contribution is -0.384. The molecule has 0 aromatic heterocycles. The molecule has 0 amide bonds. The summed E-state index contributed by atoms with van der Waals surface area (Å²) in [5.41, 5.74) is -0.531. The van der Waals surface area contributed by atoms with Crippen LogP contribution in [0, 0.1) is 10.1 Å². The second-order valence-electron chi connectivity index (χ2n) is 4.00. The summed E-state index contributed by atoms with van der Waals surface area (Å²) in [5, 5.41) is 38.6. The Bertz CT molecular complexity index is 726. The second kappa shape index (κ2) is 5.37. The van der Waals surface area contributed by atoms with Crippen LogP contribution in [-0.2, 0) is 0 Å². The minimum atomic E-state index is -1.32. The van der Waals surface area contributed by atoms with E-state index in [-0.39, 0.29) is 22.7 Å². The number of carboxylic acid groups (broad SMARTS) is 1. The van der Waals surface area contributed by atoms with Crippen molar-refractivity contribution in [2.45, 2.75) is 0 Å². The summed E-state index contributed by atoms with van der Waals surface area (Å²) < 4.78 is 5.19. The van der Waals surface area contributed by atoms with Crippen LogP contribution in [0.15, 0.2) is 36.4 Å². The topological polar surface area (TPSA) is 130 Å². The quantitative estimate of drug-likeness (QED) is 0.448. The zero-order valence-electron chi connectivity index (χ0n) is 10.4. The Balaban J connectivity index is 2.41. The third-order valence-electron chi connectivity index (χ3n) is 2.56. The fraction of sp³-hybridized carbons (Fsp3) is 0. The molecule has 0 radical (unpaired) electrons. The number of non-ortho nitro benzene ring substituents is 1. The van der Waals surface area contributed by atoms with Gasteiger partial charge >= 0.3 is 5.97 Å². The van der Waals surface area contributed by atoms with Gasteiger partial charge in [-0.3, -0.25) is 10.1 Å². The standard InChI is InChI=1S/C13H9NO7/c15-10-4-7(13(17)18)5-11(12(10)16)21-9-3-1-2-8(6-9)14(19)20/h1-6,15-16H,(H,17,18). The number of ether oxygens (including phenoxy) is 1. The first-order valence-electron chi connectivity index (χ1n) is 5.60. The van der Waals surface area contributed by atoms with E-state index in [1.54, 1.807) is 0 Å². The summed E-state index contributed by atoms with van der Waals surface area (Å²) in [6, 6.07) is 6.96. The maximum Gasteiger partial charge on any atom is 0.335 e. The van der Waals surface area contributed by atoms with Crippen molar-refractivity contribution < 1.29 is 29.8 Å². The Labute approximate surface area is 117 Å². The predicted octanol–water partition coefficient (Wildman–Crippen LogP) is 2.50. The highest BCUT2D eigenvalue weighted by atomic mass is 16.6. The maximum absolute atomic E-state index is 10.9. The number of benzene rings is 2. The third-order valence-corrected chi connectivity index (χ3v) is 2.56. The van der Waals surface area contributed by atoms with Gasteiger partial charge in [0.25, 0.3) is 5.69 Å². The largest absolute Gasteiger partial charge is 0.504 e. The van der Waals surface area contributed by atoms with E-state index < -0.39 is 22.4 Å². The number of nitro benzene ring substituents is 1. The number of nitrogens with zero attached hydrogens (tertiary/aromatic N) is 1. The van der Waals surface area contributed by atoms with E-state index in [0.29, 0.717) is 0 Å². The number of carboxylic acids is 1. The molecule has 0 fully saturated rings. The van der Waals surface area contributed by atoms with Gasteiger partial charge in [0.1, 0.15) is 5.75 Å². The van der Waals surface area contributed by atoms with Crippen LogP contribution in [0.3, 0.4) is 0 Å². The molecule has 2 rings (SSSR count). The minimum absolute atomic E-state index is 0.0152. The van der Waals surface area contributed by atoms with Crippen LogP contribution < -0.4 is 4.74 Å². The van der Waals surface area contributed by atoms with Gasteiger partial charge in [-0.1, -0.05) is 6.07 Å². The monoisotopic (exact) mass is 291 g/mol. The number of hydrogen-bond acceptors (Lipinski definition) is 6. The molecule has 0 saturated carbocycles. The zero-order chi connectivity index (χ0) is 15.6. The van der Waals surface area contributed by atoms with Crippen LogP contribution in [-0.4, -0.2) is 26.2 Å². The number of aromatic carboxylic acids is 1. The SMILES string of the molecule is O=C(O)c1cc(O)c(O)c(Oc2cccc([N+](=O)[O-])c2)c1. The Morgan fingerprint density at radius 3 is 2.52 bits per heavy atom. The van der Waals surface area contributed by atoms with Crippen molar-refractivity contribution in [3.63, 3.8) is 0 Å². The highest BCUT2D eigenvalue weighted by Gasteiger charge is 2.16. The average Bonchev–Trinajstić information content (AvgIpc) is 2.43. The first-order chi connectivity index (χ1) is 9.88. The lowest BCUT2D eigenvalue weighted by Gasteiger charge is -2.09. The Kier molecular flexibility index (Phi) is 3.61. The molecular formula is C13H9NO7. The normalized spacial score (nSPS) is 10.1. The van der Waals surface area contributed by atoms with E-state index in [0.717, 1.165) is 18.2 Å². The van der Waals surface area contributed by atoms with E-state index in [9.17, 15) is 25.1 Å². The van der Waals surface area contributed by atoms with Crippen molar-refractivity contribution in [2.75, 3.05) is 0 Å². The van der Waals surface area contributed by atoms with E-state index in [4.69, 9.17) is 9.84 Å². The van der Waals surface area contributed by atoms with E-state index >= 15 is 0 Å². The molecule has 8 heteroatoms. The van der Waals surface area contributed by atoms with Crippen molar-refractivity contribution in [3.05, 3.63) is 52.1 Å². The lowest BCUT2D eigenvalue weighted by atomic mass is 10.2. The molecule has 0 bridgehead atoms. The zero-order valence-corrected chi connectivity index (χ0v) is 10.4. The number of carbonyl (C=O) groups is 1. The molecule has 0 atom stereocenters. The summed E-state index contributed by atoms with van der Waals surface area (Å²) in [6.07, 6.45) is 0. The van der Waals surface area contributed by atoms with Crippen molar-refractivity contribution in [3.8, 4) is 23.0 Å². The van der Waals surface area contributed by atoms with Gasteiger partial charge in [-0.2, -0.15) is 0 Å². The van der Waals surface area contributed by atoms with Crippen molar-refractivity contribution in [2.24, 2.45) is 0 Å². The lowest BCUT2D eigenvalue weighted by Crippen LogP contribution is -1.97. The molecule has 2 aromatic carbocycles. The van der Waals surface area contributed by atoms with E-state index in [1.165, 1.54) is 18.2 Å². The maximum atomic E-state index is 10.9. The van der Waals surface area contributed by atoms with Crippen LogP contribution in [0.1, 0.15) is 10.4 Å². The first kappa shape index (κ1) is 14.1. The van der Waals surface area contributed by atoms with Crippen LogP contribution in [0.5, 0.6) is 23.0 Å². The van der Waals surface area contributed by atoms with Crippen LogP contribution in [0.2, 0.25) is 0 Å². The van der Waals surface area contributed by atoms with Gasteiger partial charge < -0.3 is 20.1 Å². The molecule has 0 aliphatic carbocycles. The highest BCUT2D eigenvalue weighted by Crippen LogP contribution is 2.39. The summed E-state index contributed by atoms with van der Waals surface area (Å²) in [5.74, 6) is -2.97. The van der Waals surface area contributed by atoms with E-state index in [2.05, 4.69) is 0 Å². The number of hydrogen-bond donors (Lipinski definition) is 3. The second-order valence-corrected chi connectivity index (χ2v) is 4.00. The van der Waals surface area contributed by atoms with Crippen molar-refractivity contribution >= 4 is 11.7 Å². The van der Waals surface area contributed by atoms with Crippen LogP contribution in [0.4, 0.5) is 5.69 Å². The van der Waals surface area contributed by atoms with Gasteiger partial charge in [0, 0.05) is 6.07 Å². The molecule has 0 saturated heterocycles. The number of phenols is 2. The smallest absolute Gasteiger partial charge is 0.335 e. The van der Waals surface area contributed by atoms with Crippen LogP contribution in [0.25, 0.3) is 0 Å². The van der Waals surface area contributed by atoms with Crippen LogP contribution >= 0.6 is 0 Å². The molecule has 0 spiro atoms. The Hall–Kier alpha value is -3.29. The molecule has 2 aromatic rings. The molecule has 3 N–H and O–H groups in total. The van der Waals surface area contributed by atoms with Gasteiger partial charge in [0.15, 0.2) is 11.5 Å². The fourth-order valence-corrected chi connectivity index (χ4v) is 1.58. The number of aromatic hydroxyl groups is 2. The molecule has 108 valence electrons. The number of phenolic OH excluding ortho intramolecular Hbond substituents is 2. The molecule has 0 unspecified atom stereocenters. The summed E-state index contributed by atoms with van der Waals surface area (Å²) in [4.78, 5) is 20.9. The predicted molar refractivity (Wildman–Crippen MR) is 69.9 cm³/mol. The molecule has 0 aliphatic heterocycles. The van der Waals surface area contributed by atoms with Crippen molar-refractivity contribution in [1.29, 1.82) is 0 Å². The number of rotatable bonds is 4. The average molecular weight is 291 g/mol. The Morgan fingerprint density at radius 2 is 1.90 bits per heavy atom. The van der Waals surface area contributed by atoms with Gasteiger partial charge in [0.05, 0.1) is 16.6 Å².